The highest BCUT2D eigenvalue weighted by molar-refractivity contribution is 5.85. The maximum atomic E-state index is 15.7. The van der Waals surface area contributed by atoms with Crippen LogP contribution in [0.15, 0.2) is 36.4 Å². The fourth-order valence-electron chi connectivity index (χ4n) is 5.67. The predicted molar refractivity (Wildman–Crippen MR) is 133 cm³/mol. The Bertz CT molecular complexity index is 1270. The number of hydrogen-bond donors (Lipinski definition) is 3. The Morgan fingerprint density at radius 2 is 1.82 bits per heavy atom. The molecule has 2 aromatic carbocycles. The highest BCUT2D eigenvalue weighted by atomic mass is 19.3. The van der Waals surface area contributed by atoms with E-state index in [-0.39, 0.29) is 30.3 Å². The van der Waals surface area contributed by atoms with Crippen molar-refractivity contribution in [3.63, 3.8) is 0 Å². The molecule has 38 heavy (non-hydrogen) atoms. The SMILES string of the molecule is C[C@@H]1Cc2c([nH]c3ccccc23)[C@@H](c2c(F)cc(NC3CN(CCC(F)F)C3)cc2F)N1CC(F)(F)CO. The molecule has 0 bridgehead atoms. The lowest BCUT2D eigenvalue weighted by atomic mass is 9.87. The van der Waals surface area contributed by atoms with Crippen LogP contribution in [0, 0.1) is 11.6 Å². The Kier molecular flexibility index (Phi) is 7.36. The molecule has 1 fully saturated rings. The highest BCUT2D eigenvalue weighted by Crippen LogP contribution is 2.43. The van der Waals surface area contributed by atoms with Crippen molar-refractivity contribution in [1.29, 1.82) is 0 Å². The lowest BCUT2D eigenvalue weighted by Crippen LogP contribution is -2.55. The molecule has 5 rings (SSSR count). The van der Waals surface area contributed by atoms with Crippen molar-refractivity contribution in [3.8, 4) is 0 Å². The van der Waals surface area contributed by atoms with Crippen LogP contribution in [0.2, 0.25) is 0 Å². The number of benzene rings is 2. The molecule has 2 aliphatic rings. The zero-order chi connectivity index (χ0) is 27.2. The first-order valence-corrected chi connectivity index (χ1v) is 12.7. The van der Waals surface area contributed by atoms with Gasteiger partial charge >= 0.3 is 0 Å². The lowest BCUT2D eigenvalue weighted by molar-refractivity contribution is -0.0869. The third kappa shape index (κ3) is 5.23. The molecular weight excluding hydrogens is 510 g/mol. The monoisotopic (exact) mass is 540 g/mol. The van der Waals surface area contributed by atoms with E-state index in [2.05, 4.69) is 10.3 Å². The van der Waals surface area contributed by atoms with E-state index in [1.54, 1.807) is 6.92 Å². The van der Waals surface area contributed by atoms with E-state index in [9.17, 15) is 22.7 Å². The standard InChI is InChI=1S/C27H30F6N4O/c1-15-8-19-18-4-2-3-5-22(18)35-25(19)26(37(15)13-27(32,33)14-38)24-20(28)9-16(10-21(24)29)34-17-11-36(12-17)7-6-23(30)31/h2-5,9-10,15,17,23,26,34-35,38H,6-8,11-14H2,1H3/t15-,26-/m1/s1. The van der Waals surface area contributed by atoms with E-state index < -0.39 is 49.2 Å². The van der Waals surface area contributed by atoms with Crippen molar-refractivity contribution in [1.82, 2.24) is 14.8 Å². The van der Waals surface area contributed by atoms with E-state index in [1.807, 2.05) is 29.2 Å². The van der Waals surface area contributed by atoms with Gasteiger partial charge in [0.05, 0.1) is 18.6 Å². The molecule has 5 nitrogen and oxygen atoms in total. The normalized spacial score (nSPS) is 21.2. The molecule has 11 heteroatoms. The molecule has 2 atom stereocenters. The second kappa shape index (κ2) is 10.4. The fourth-order valence-corrected chi connectivity index (χ4v) is 5.67. The van der Waals surface area contributed by atoms with E-state index in [4.69, 9.17) is 0 Å². The van der Waals surface area contributed by atoms with Crippen molar-refractivity contribution in [3.05, 3.63) is 64.9 Å². The summed E-state index contributed by atoms with van der Waals surface area (Å²) in [4.78, 5) is 6.37. The van der Waals surface area contributed by atoms with Crippen LogP contribution in [0.5, 0.6) is 0 Å². The molecule has 0 unspecified atom stereocenters. The molecule has 0 spiro atoms. The summed E-state index contributed by atoms with van der Waals surface area (Å²) >= 11 is 0. The van der Waals surface area contributed by atoms with Gasteiger partial charge in [-0.15, -0.1) is 0 Å². The molecule has 1 saturated heterocycles. The smallest absolute Gasteiger partial charge is 0.283 e. The Hall–Kier alpha value is -2.76. The number of fused-ring (bicyclic) bond motifs is 3. The van der Waals surface area contributed by atoms with E-state index >= 15 is 8.78 Å². The summed E-state index contributed by atoms with van der Waals surface area (Å²) in [5.74, 6) is -5.24. The minimum atomic E-state index is -3.47. The van der Waals surface area contributed by atoms with Crippen molar-refractivity contribution in [2.45, 2.75) is 50.2 Å². The van der Waals surface area contributed by atoms with Gasteiger partial charge in [-0.2, -0.15) is 0 Å². The van der Waals surface area contributed by atoms with Crippen molar-refractivity contribution >= 4 is 16.6 Å². The minimum Gasteiger partial charge on any atom is -0.390 e. The Balaban J connectivity index is 1.47. The minimum absolute atomic E-state index is 0.146. The van der Waals surface area contributed by atoms with Gasteiger partial charge in [0.15, 0.2) is 0 Å². The molecule has 0 saturated carbocycles. The van der Waals surface area contributed by atoms with Gasteiger partial charge in [0.2, 0.25) is 6.43 Å². The van der Waals surface area contributed by atoms with Gasteiger partial charge in [0.1, 0.15) is 18.2 Å². The van der Waals surface area contributed by atoms with Crippen LogP contribution in [-0.4, -0.2) is 77.1 Å². The zero-order valence-corrected chi connectivity index (χ0v) is 20.8. The number of nitrogens with one attached hydrogen (secondary N) is 2. The number of nitrogens with zero attached hydrogens (tertiary/aromatic N) is 2. The molecule has 3 heterocycles. The number of aromatic nitrogens is 1. The molecule has 0 aliphatic carbocycles. The molecule has 0 amide bonds. The average Bonchev–Trinajstić information content (AvgIpc) is 3.19. The molecular formula is C27H30F6N4O. The maximum Gasteiger partial charge on any atom is 0.283 e. The first kappa shape index (κ1) is 26.8. The van der Waals surface area contributed by atoms with Gasteiger partial charge in [0, 0.05) is 59.9 Å². The van der Waals surface area contributed by atoms with Gasteiger partial charge < -0.3 is 15.4 Å². The third-order valence-electron chi connectivity index (χ3n) is 7.51. The number of para-hydroxylation sites is 1. The molecule has 0 radical (unpaired) electrons. The number of alkyl halides is 4. The molecule has 2 aliphatic heterocycles. The predicted octanol–water partition coefficient (Wildman–Crippen LogP) is 5.16. The number of aromatic amines is 1. The summed E-state index contributed by atoms with van der Waals surface area (Å²) in [6.45, 7) is 0.665. The topological polar surface area (TPSA) is 54.5 Å². The van der Waals surface area contributed by atoms with Gasteiger partial charge in [0.25, 0.3) is 5.92 Å². The van der Waals surface area contributed by atoms with Gasteiger partial charge in [-0.1, -0.05) is 18.2 Å². The molecule has 1 aromatic heterocycles. The van der Waals surface area contributed by atoms with Crippen LogP contribution in [-0.2, 0) is 6.42 Å². The lowest BCUT2D eigenvalue weighted by Gasteiger charge is -2.42. The van der Waals surface area contributed by atoms with Gasteiger partial charge in [-0.3, -0.25) is 9.80 Å². The second-order valence-corrected chi connectivity index (χ2v) is 10.3. The van der Waals surface area contributed by atoms with E-state index in [1.165, 1.54) is 4.90 Å². The summed E-state index contributed by atoms with van der Waals surface area (Å²) in [5, 5.41) is 13.1. The molecule has 3 aromatic rings. The van der Waals surface area contributed by atoms with Crippen molar-refractivity contribution in [2.75, 3.05) is 38.1 Å². The Morgan fingerprint density at radius 1 is 1.13 bits per heavy atom. The first-order valence-electron chi connectivity index (χ1n) is 12.7. The van der Waals surface area contributed by atoms with Crippen LogP contribution >= 0.6 is 0 Å². The fraction of sp³-hybridized carbons (Fsp3) is 0.481. The number of hydrogen-bond acceptors (Lipinski definition) is 4. The van der Waals surface area contributed by atoms with E-state index in [0.717, 1.165) is 28.6 Å². The zero-order valence-electron chi connectivity index (χ0n) is 20.8. The number of likely N-dealkylation sites (tertiary alicyclic amines) is 1. The van der Waals surface area contributed by atoms with Gasteiger partial charge in [-0.25, -0.2) is 26.3 Å². The number of aliphatic hydroxyl groups is 1. The summed E-state index contributed by atoms with van der Waals surface area (Å²) in [6, 6.07) is 7.86. The van der Waals surface area contributed by atoms with E-state index in [0.29, 0.717) is 25.2 Å². The quantitative estimate of drug-likeness (QED) is 0.328. The number of halogens is 6. The van der Waals surface area contributed by atoms with Crippen molar-refractivity contribution < 1.29 is 31.4 Å². The van der Waals surface area contributed by atoms with Crippen LogP contribution < -0.4 is 5.32 Å². The number of rotatable bonds is 9. The summed E-state index contributed by atoms with van der Waals surface area (Å²) < 4.78 is 85.0. The number of anilines is 1. The Labute approximate surface area is 216 Å². The van der Waals surface area contributed by atoms with Crippen LogP contribution in [0.1, 0.15) is 36.2 Å². The molecule has 3 N–H and O–H groups in total. The van der Waals surface area contributed by atoms with Crippen LogP contribution in [0.3, 0.4) is 0 Å². The van der Waals surface area contributed by atoms with Crippen LogP contribution in [0.4, 0.5) is 32.0 Å². The third-order valence-corrected chi connectivity index (χ3v) is 7.51. The highest BCUT2D eigenvalue weighted by Gasteiger charge is 2.43. The summed E-state index contributed by atoms with van der Waals surface area (Å²) in [7, 11) is 0. The van der Waals surface area contributed by atoms with Crippen molar-refractivity contribution in [2.24, 2.45) is 0 Å². The number of aliphatic hydroxyl groups excluding tert-OH is 1. The average molecular weight is 541 g/mol. The van der Waals surface area contributed by atoms with Crippen LogP contribution in [0.25, 0.3) is 10.9 Å². The van der Waals surface area contributed by atoms with Gasteiger partial charge in [-0.05, 0) is 37.1 Å². The first-order chi connectivity index (χ1) is 18.1. The maximum absolute atomic E-state index is 15.7. The summed E-state index contributed by atoms with van der Waals surface area (Å²) in [6.07, 6.45) is -2.22. The molecule has 206 valence electrons. The second-order valence-electron chi connectivity index (χ2n) is 10.3. The number of H-pyrrole nitrogens is 1. The summed E-state index contributed by atoms with van der Waals surface area (Å²) in [5.41, 5.74) is 1.85. The Morgan fingerprint density at radius 3 is 2.47 bits per heavy atom. The largest absolute Gasteiger partial charge is 0.390 e.